The van der Waals surface area contributed by atoms with E-state index in [0.29, 0.717) is 18.8 Å². The average molecular weight is 438 g/mol. The van der Waals surface area contributed by atoms with Crippen molar-refractivity contribution in [2.24, 2.45) is 11.8 Å². The van der Waals surface area contributed by atoms with Gasteiger partial charge < -0.3 is 15.0 Å². The molecular formula is C21H31N3O5S. The summed E-state index contributed by atoms with van der Waals surface area (Å²) in [5, 5.41) is 3.01. The number of carbonyl (C=O) groups excluding carboxylic acids is 2. The molecule has 1 aliphatic carbocycles. The fraction of sp³-hybridized carbons (Fsp3) is 0.619. The van der Waals surface area contributed by atoms with Gasteiger partial charge in [-0.2, -0.15) is 4.72 Å². The Morgan fingerprint density at radius 3 is 2.37 bits per heavy atom. The molecule has 3 rings (SSSR count). The van der Waals surface area contributed by atoms with E-state index < -0.39 is 16.1 Å². The number of hydrogen-bond acceptors (Lipinski definition) is 5. The Labute approximate surface area is 178 Å². The standard InChI is InChI=1S/C21H31N3O5S/c1-14(2)19(23-30(27,28)18-10-8-17(29-3)9-11-18)21(26)24-12-4-5-15(13-24)20(25)22-16-6-7-16/h8-11,14-16,19,23H,4-7,12-13H2,1-3H3,(H,22,25)/t15?,19-/m0/s1. The van der Waals surface area contributed by atoms with Crippen molar-refractivity contribution < 1.29 is 22.7 Å². The highest BCUT2D eigenvalue weighted by Gasteiger charge is 2.36. The van der Waals surface area contributed by atoms with Crippen molar-refractivity contribution in [1.82, 2.24) is 14.9 Å². The summed E-state index contributed by atoms with van der Waals surface area (Å²) in [6, 6.07) is 5.40. The lowest BCUT2D eigenvalue weighted by Crippen LogP contribution is -2.54. The van der Waals surface area contributed by atoms with Crippen LogP contribution in [0.2, 0.25) is 0 Å². The van der Waals surface area contributed by atoms with Gasteiger partial charge in [-0.05, 0) is 55.9 Å². The Hall–Kier alpha value is -2.13. The molecule has 166 valence electrons. The van der Waals surface area contributed by atoms with Gasteiger partial charge in [-0.1, -0.05) is 13.8 Å². The topological polar surface area (TPSA) is 105 Å². The van der Waals surface area contributed by atoms with Crippen LogP contribution in [0.5, 0.6) is 5.75 Å². The molecule has 8 nitrogen and oxygen atoms in total. The van der Waals surface area contributed by atoms with Gasteiger partial charge in [-0.3, -0.25) is 9.59 Å². The van der Waals surface area contributed by atoms with Crippen LogP contribution in [0.25, 0.3) is 0 Å². The Morgan fingerprint density at radius 1 is 1.13 bits per heavy atom. The van der Waals surface area contributed by atoms with Gasteiger partial charge in [0, 0.05) is 19.1 Å². The van der Waals surface area contributed by atoms with Crippen LogP contribution < -0.4 is 14.8 Å². The van der Waals surface area contributed by atoms with E-state index in [-0.39, 0.29) is 34.6 Å². The molecule has 2 N–H and O–H groups in total. The maximum atomic E-state index is 13.2. The Bertz CT molecular complexity index is 865. The first-order valence-electron chi connectivity index (χ1n) is 10.5. The number of rotatable bonds is 8. The van der Waals surface area contributed by atoms with Crippen molar-refractivity contribution in [2.45, 2.75) is 56.5 Å². The van der Waals surface area contributed by atoms with Gasteiger partial charge >= 0.3 is 0 Å². The van der Waals surface area contributed by atoms with E-state index >= 15 is 0 Å². The molecule has 30 heavy (non-hydrogen) atoms. The number of carbonyl (C=O) groups is 2. The SMILES string of the molecule is COc1ccc(S(=O)(=O)N[C@H](C(=O)N2CCCC(C(=O)NC3CC3)C2)C(C)C)cc1. The molecule has 1 aliphatic heterocycles. The molecule has 1 aromatic rings. The van der Waals surface area contributed by atoms with E-state index in [1.165, 1.54) is 19.2 Å². The third-order valence-electron chi connectivity index (χ3n) is 5.61. The zero-order chi connectivity index (χ0) is 21.9. The number of sulfonamides is 1. The Morgan fingerprint density at radius 2 is 1.80 bits per heavy atom. The van der Waals surface area contributed by atoms with E-state index in [9.17, 15) is 18.0 Å². The van der Waals surface area contributed by atoms with Crippen LogP contribution in [0.1, 0.15) is 39.5 Å². The van der Waals surface area contributed by atoms with E-state index in [0.717, 1.165) is 25.7 Å². The highest BCUT2D eigenvalue weighted by molar-refractivity contribution is 7.89. The number of methoxy groups -OCH3 is 1. The third-order valence-corrected chi connectivity index (χ3v) is 7.07. The molecule has 1 aromatic carbocycles. The van der Waals surface area contributed by atoms with E-state index in [4.69, 9.17) is 4.74 Å². The van der Waals surface area contributed by atoms with Gasteiger partial charge in [0.25, 0.3) is 0 Å². The molecule has 1 saturated carbocycles. The minimum atomic E-state index is -3.88. The van der Waals surface area contributed by atoms with Crippen molar-refractivity contribution in [1.29, 1.82) is 0 Å². The van der Waals surface area contributed by atoms with E-state index in [2.05, 4.69) is 10.0 Å². The average Bonchev–Trinajstić information content (AvgIpc) is 3.55. The van der Waals surface area contributed by atoms with Gasteiger partial charge in [0.1, 0.15) is 11.8 Å². The molecule has 2 atom stereocenters. The minimum Gasteiger partial charge on any atom is -0.497 e. The van der Waals surface area contributed by atoms with Crippen LogP contribution in [0, 0.1) is 11.8 Å². The lowest BCUT2D eigenvalue weighted by Gasteiger charge is -2.35. The fourth-order valence-electron chi connectivity index (χ4n) is 3.60. The largest absolute Gasteiger partial charge is 0.497 e. The van der Waals surface area contributed by atoms with Crippen LogP contribution >= 0.6 is 0 Å². The molecule has 1 heterocycles. The number of amides is 2. The number of benzene rings is 1. The summed E-state index contributed by atoms with van der Waals surface area (Å²) in [4.78, 5) is 27.3. The quantitative estimate of drug-likeness (QED) is 0.642. The maximum Gasteiger partial charge on any atom is 0.241 e. The summed E-state index contributed by atoms with van der Waals surface area (Å²) >= 11 is 0. The Kier molecular flexibility index (Phi) is 7.02. The Balaban J connectivity index is 1.69. The predicted octanol–water partition coefficient (Wildman–Crippen LogP) is 1.52. The zero-order valence-electron chi connectivity index (χ0n) is 17.8. The number of hydrogen-bond donors (Lipinski definition) is 2. The number of ether oxygens (including phenoxy) is 1. The van der Waals surface area contributed by atoms with Gasteiger partial charge in [0.15, 0.2) is 0 Å². The second-order valence-electron chi connectivity index (χ2n) is 8.42. The summed E-state index contributed by atoms with van der Waals surface area (Å²) in [5.41, 5.74) is 0. The maximum absolute atomic E-state index is 13.2. The molecule has 2 aliphatic rings. The molecule has 0 aromatic heterocycles. The highest BCUT2D eigenvalue weighted by atomic mass is 32.2. The lowest BCUT2D eigenvalue weighted by atomic mass is 9.95. The lowest BCUT2D eigenvalue weighted by molar-refractivity contribution is -0.138. The second-order valence-corrected chi connectivity index (χ2v) is 10.1. The molecular weight excluding hydrogens is 406 g/mol. The van der Waals surface area contributed by atoms with Crippen molar-refractivity contribution in [3.8, 4) is 5.75 Å². The number of likely N-dealkylation sites (tertiary alicyclic amines) is 1. The predicted molar refractivity (Wildman–Crippen MR) is 112 cm³/mol. The molecule has 9 heteroatoms. The molecule has 0 radical (unpaired) electrons. The first-order chi connectivity index (χ1) is 14.2. The fourth-order valence-corrected chi connectivity index (χ4v) is 4.93. The summed E-state index contributed by atoms with van der Waals surface area (Å²) in [6.07, 6.45) is 3.50. The smallest absolute Gasteiger partial charge is 0.241 e. The molecule has 2 amide bonds. The summed E-state index contributed by atoms with van der Waals surface area (Å²) in [7, 11) is -2.38. The molecule has 0 bridgehead atoms. The molecule has 1 unspecified atom stereocenters. The van der Waals surface area contributed by atoms with Crippen molar-refractivity contribution >= 4 is 21.8 Å². The molecule has 1 saturated heterocycles. The van der Waals surface area contributed by atoms with Crippen LogP contribution in [0.3, 0.4) is 0 Å². The normalized spacial score (nSPS) is 20.7. The monoisotopic (exact) mass is 437 g/mol. The van der Waals surface area contributed by atoms with Crippen molar-refractivity contribution in [2.75, 3.05) is 20.2 Å². The van der Waals surface area contributed by atoms with Crippen LogP contribution in [-0.4, -0.2) is 57.4 Å². The minimum absolute atomic E-state index is 0.00471. The zero-order valence-corrected chi connectivity index (χ0v) is 18.6. The summed E-state index contributed by atoms with van der Waals surface area (Å²) < 4.78 is 33.3. The highest BCUT2D eigenvalue weighted by Crippen LogP contribution is 2.24. The van der Waals surface area contributed by atoms with Crippen LogP contribution in [-0.2, 0) is 19.6 Å². The molecule has 2 fully saturated rings. The second kappa shape index (κ2) is 9.34. The van der Waals surface area contributed by atoms with Crippen molar-refractivity contribution in [3.63, 3.8) is 0 Å². The van der Waals surface area contributed by atoms with E-state index in [1.807, 2.05) is 0 Å². The first-order valence-corrected chi connectivity index (χ1v) is 11.9. The van der Waals surface area contributed by atoms with Crippen LogP contribution in [0.15, 0.2) is 29.2 Å². The number of nitrogens with zero attached hydrogens (tertiary/aromatic N) is 1. The molecule has 0 spiro atoms. The van der Waals surface area contributed by atoms with Gasteiger partial charge in [0.2, 0.25) is 21.8 Å². The number of nitrogens with one attached hydrogen (secondary N) is 2. The van der Waals surface area contributed by atoms with Gasteiger partial charge in [-0.25, -0.2) is 8.42 Å². The van der Waals surface area contributed by atoms with Crippen LogP contribution in [0.4, 0.5) is 0 Å². The summed E-state index contributed by atoms with van der Waals surface area (Å²) in [5.74, 6) is -0.226. The van der Waals surface area contributed by atoms with Gasteiger partial charge in [0.05, 0.1) is 17.9 Å². The third kappa shape index (κ3) is 5.51. The number of piperidine rings is 1. The summed E-state index contributed by atoms with van der Waals surface area (Å²) in [6.45, 7) is 4.46. The van der Waals surface area contributed by atoms with Crippen molar-refractivity contribution in [3.05, 3.63) is 24.3 Å². The van der Waals surface area contributed by atoms with E-state index in [1.54, 1.807) is 30.9 Å². The van der Waals surface area contributed by atoms with Gasteiger partial charge in [-0.15, -0.1) is 0 Å². The first kappa shape index (κ1) is 22.6.